The van der Waals surface area contributed by atoms with Gasteiger partial charge in [0.05, 0.1) is 5.69 Å². The molecule has 0 saturated carbocycles. The maximum absolute atomic E-state index is 11.5. The molecule has 4 nitrogen and oxygen atoms in total. The third kappa shape index (κ3) is 1.22. The minimum Gasteiger partial charge on any atom is -0.427 e. The van der Waals surface area contributed by atoms with Gasteiger partial charge in [-0.2, -0.15) is 4.73 Å². The Kier molecular flexibility index (Phi) is 2.06. The zero-order chi connectivity index (χ0) is 10.3. The molecule has 0 unspecified atom stereocenters. The SMILES string of the molecule is CC(C)c1nc2c(n1O)CCCC2=O. The number of fused-ring (bicyclic) bond motifs is 1. The van der Waals surface area contributed by atoms with E-state index < -0.39 is 0 Å². The lowest BCUT2D eigenvalue weighted by Gasteiger charge is -2.09. The Morgan fingerprint density at radius 1 is 1.43 bits per heavy atom. The molecule has 76 valence electrons. The fourth-order valence-corrected chi connectivity index (χ4v) is 1.82. The van der Waals surface area contributed by atoms with Crippen molar-refractivity contribution >= 4 is 5.78 Å². The van der Waals surface area contributed by atoms with Gasteiger partial charge in [0.1, 0.15) is 11.5 Å². The fraction of sp³-hybridized carbons (Fsp3) is 0.600. The van der Waals surface area contributed by atoms with Crippen LogP contribution >= 0.6 is 0 Å². The first-order chi connectivity index (χ1) is 6.61. The van der Waals surface area contributed by atoms with Crippen LogP contribution in [0.3, 0.4) is 0 Å². The molecule has 1 aliphatic rings. The van der Waals surface area contributed by atoms with Crippen LogP contribution < -0.4 is 0 Å². The fourth-order valence-electron chi connectivity index (χ4n) is 1.82. The van der Waals surface area contributed by atoms with Crippen molar-refractivity contribution in [3.05, 3.63) is 17.2 Å². The Balaban J connectivity index is 2.54. The van der Waals surface area contributed by atoms with Crippen molar-refractivity contribution in [2.75, 3.05) is 0 Å². The molecule has 0 aromatic carbocycles. The number of carbonyl (C=O) groups is 1. The zero-order valence-corrected chi connectivity index (χ0v) is 8.45. The summed E-state index contributed by atoms with van der Waals surface area (Å²) in [5.74, 6) is 0.782. The van der Waals surface area contributed by atoms with E-state index in [9.17, 15) is 10.0 Å². The summed E-state index contributed by atoms with van der Waals surface area (Å²) in [5.41, 5.74) is 1.16. The van der Waals surface area contributed by atoms with E-state index in [0.29, 0.717) is 23.6 Å². The summed E-state index contributed by atoms with van der Waals surface area (Å²) < 4.78 is 1.09. The van der Waals surface area contributed by atoms with Gasteiger partial charge in [-0.25, -0.2) is 4.98 Å². The monoisotopic (exact) mass is 194 g/mol. The molecule has 1 aromatic heterocycles. The first kappa shape index (κ1) is 9.24. The third-order valence-corrected chi connectivity index (χ3v) is 2.57. The Hall–Kier alpha value is -1.32. The van der Waals surface area contributed by atoms with Crippen LogP contribution in [0.2, 0.25) is 0 Å². The zero-order valence-electron chi connectivity index (χ0n) is 8.45. The summed E-state index contributed by atoms with van der Waals surface area (Å²) >= 11 is 0. The van der Waals surface area contributed by atoms with E-state index in [4.69, 9.17) is 0 Å². The van der Waals surface area contributed by atoms with Crippen molar-refractivity contribution in [1.82, 2.24) is 9.71 Å². The van der Waals surface area contributed by atoms with Crippen molar-refractivity contribution in [2.24, 2.45) is 0 Å². The maximum atomic E-state index is 11.5. The Morgan fingerprint density at radius 3 is 2.71 bits per heavy atom. The van der Waals surface area contributed by atoms with Crippen LogP contribution in [0.1, 0.15) is 54.6 Å². The molecule has 0 spiro atoms. The van der Waals surface area contributed by atoms with Crippen LogP contribution in [-0.2, 0) is 6.42 Å². The van der Waals surface area contributed by atoms with Crippen molar-refractivity contribution < 1.29 is 10.0 Å². The van der Waals surface area contributed by atoms with E-state index in [0.717, 1.165) is 17.6 Å². The number of hydrogen-bond donors (Lipinski definition) is 1. The second-order valence-corrected chi connectivity index (χ2v) is 4.01. The summed E-state index contributed by atoms with van der Waals surface area (Å²) in [6.07, 6.45) is 2.12. The summed E-state index contributed by atoms with van der Waals surface area (Å²) in [4.78, 5) is 15.7. The van der Waals surface area contributed by atoms with Crippen molar-refractivity contribution in [2.45, 2.75) is 39.0 Å². The molecular weight excluding hydrogens is 180 g/mol. The molecule has 1 N–H and O–H groups in total. The van der Waals surface area contributed by atoms with Gasteiger partial charge in [-0.1, -0.05) is 13.8 Å². The third-order valence-electron chi connectivity index (χ3n) is 2.57. The molecule has 0 bridgehead atoms. The largest absolute Gasteiger partial charge is 0.427 e. The molecule has 0 atom stereocenters. The molecule has 0 saturated heterocycles. The summed E-state index contributed by atoms with van der Waals surface area (Å²) in [6.45, 7) is 3.90. The van der Waals surface area contributed by atoms with Crippen LogP contribution in [0, 0.1) is 0 Å². The maximum Gasteiger partial charge on any atom is 0.183 e. The van der Waals surface area contributed by atoms with Crippen molar-refractivity contribution in [3.8, 4) is 0 Å². The van der Waals surface area contributed by atoms with Gasteiger partial charge in [-0.05, 0) is 12.8 Å². The van der Waals surface area contributed by atoms with Gasteiger partial charge in [-0.15, -0.1) is 0 Å². The number of rotatable bonds is 1. The lowest BCUT2D eigenvalue weighted by Crippen LogP contribution is -2.12. The van der Waals surface area contributed by atoms with E-state index in [1.165, 1.54) is 0 Å². The lowest BCUT2D eigenvalue weighted by atomic mass is 10.0. The molecule has 1 aromatic rings. The Bertz CT molecular complexity index is 380. The van der Waals surface area contributed by atoms with Gasteiger partial charge in [0.25, 0.3) is 0 Å². The van der Waals surface area contributed by atoms with Crippen LogP contribution in [0.15, 0.2) is 0 Å². The number of aromatic nitrogens is 2. The predicted octanol–water partition coefficient (Wildman–Crippen LogP) is 1.76. The first-order valence-corrected chi connectivity index (χ1v) is 4.95. The second kappa shape index (κ2) is 3.12. The molecule has 0 aliphatic heterocycles. The molecule has 0 amide bonds. The number of carbonyl (C=O) groups excluding carboxylic acids is 1. The van der Waals surface area contributed by atoms with Gasteiger partial charge < -0.3 is 5.21 Å². The first-order valence-electron chi connectivity index (χ1n) is 4.95. The number of Topliss-reactive ketones (excluding diaryl/α,β-unsaturated/α-hetero) is 1. The van der Waals surface area contributed by atoms with Crippen LogP contribution in [0.25, 0.3) is 0 Å². The van der Waals surface area contributed by atoms with Crippen LogP contribution in [0.5, 0.6) is 0 Å². The van der Waals surface area contributed by atoms with Gasteiger partial charge in [0, 0.05) is 12.3 Å². The van der Waals surface area contributed by atoms with Gasteiger partial charge in [-0.3, -0.25) is 4.79 Å². The Morgan fingerprint density at radius 2 is 2.14 bits per heavy atom. The van der Waals surface area contributed by atoms with E-state index in [1.54, 1.807) is 0 Å². The highest BCUT2D eigenvalue weighted by molar-refractivity contribution is 5.96. The predicted molar refractivity (Wildman–Crippen MR) is 50.8 cm³/mol. The standard InChI is InChI=1S/C10H14N2O2/c1-6(2)10-11-9-7(12(10)14)4-3-5-8(9)13/h6,14H,3-5H2,1-2H3. The van der Waals surface area contributed by atoms with Gasteiger partial charge >= 0.3 is 0 Å². The average Bonchev–Trinajstić information content (AvgIpc) is 2.46. The molecule has 1 heterocycles. The highest BCUT2D eigenvalue weighted by atomic mass is 16.5. The summed E-state index contributed by atoms with van der Waals surface area (Å²) in [6, 6.07) is 0. The minimum atomic E-state index is 0.0564. The number of ketones is 1. The quantitative estimate of drug-likeness (QED) is 0.693. The number of imidazole rings is 1. The lowest BCUT2D eigenvalue weighted by molar-refractivity contribution is 0.0960. The molecular formula is C10H14N2O2. The highest BCUT2D eigenvalue weighted by Crippen LogP contribution is 2.24. The van der Waals surface area contributed by atoms with E-state index in [2.05, 4.69) is 4.98 Å². The van der Waals surface area contributed by atoms with E-state index in [-0.39, 0.29) is 11.7 Å². The van der Waals surface area contributed by atoms with E-state index >= 15 is 0 Å². The topological polar surface area (TPSA) is 55.1 Å². The normalized spacial score (nSPS) is 16.1. The number of hydrogen-bond acceptors (Lipinski definition) is 3. The molecule has 4 heteroatoms. The second-order valence-electron chi connectivity index (χ2n) is 4.01. The van der Waals surface area contributed by atoms with Crippen molar-refractivity contribution in [3.63, 3.8) is 0 Å². The summed E-state index contributed by atoms with van der Waals surface area (Å²) in [7, 11) is 0. The van der Waals surface area contributed by atoms with Crippen molar-refractivity contribution in [1.29, 1.82) is 0 Å². The number of nitrogens with zero attached hydrogens (tertiary/aromatic N) is 2. The highest BCUT2D eigenvalue weighted by Gasteiger charge is 2.26. The Labute approximate surface area is 82.5 Å². The summed E-state index contributed by atoms with van der Waals surface area (Å²) in [5, 5.41) is 9.76. The van der Waals surface area contributed by atoms with E-state index in [1.807, 2.05) is 13.8 Å². The minimum absolute atomic E-state index is 0.0564. The van der Waals surface area contributed by atoms with Crippen LogP contribution in [0.4, 0.5) is 0 Å². The molecule has 14 heavy (non-hydrogen) atoms. The average molecular weight is 194 g/mol. The molecule has 0 radical (unpaired) electrons. The van der Waals surface area contributed by atoms with Crippen LogP contribution in [-0.4, -0.2) is 20.7 Å². The molecule has 2 rings (SSSR count). The van der Waals surface area contributed by atoms with Gasteiger partial charge in [0.2, 0.25) is 0 Å². The smallest absolute Gasteiger partial charge is 0.183 e. The van der Waals surface area contributed by atoms with Gasteiger partial charge in [0.15, 0.2) is 5.78 Å². The molecule has 1 aliphatic carbocycles. The molecule has 0 fully saturated rings.